The fraction of sp³-hybridized carbons (Fsp3) is 0.500. The largest absolute Gasteiger partial charge is 0.481 e. The van der Waals surface area contributed by atoms with E-state index in [1.165, 1.54) is 12.1 Å². The van der Waals surface area contributed by atoms with Crippen LogP contribution in [0, 0.1) is 11.8 Å². The number of alkyl halides is 3. The highest BCUT2D eigenvalue weighted by atomic mass is 19.4. The quantitative estimate of drug-likeness (QED) is 0.329. The molecule has 7 heteroatoms. The summed E-state index contributed by atoms with van der Waals surface area (Å²) in [6.45, 7) is 7.41. The summed E-state index contributed by atoms with van der Waals surface area (Å²) in [7, 11) is 0. The van der Waals surface area contributed by atoms with E-state index in [1.807, 2.05) is 31.2 Å². The second kappa shape index (κ2) is 12.2. The molecular formula is C28H35F3O4. The van der Waals surface area contributed by atoms with Gasteiger partial charge in [-0.05, 0) is 75.3 Å². The van der Waals surface area contributed by atoms with Gasteiger partial charge in [-0.3, -0.25) is 9.59 Å². The molecule has 0 spiro atoms. The first kappa shape index (κ1) is 28.4. The Bertz CT molecular complexity index is 958. The van der Waals surface area contributed by atoms with Crippen LogP contribution in [0.15, 0.2) is 48.5 Å². The number of carbonyl (C=O) groups excluding carboxylic acids is 1. The van der Waals surface area contributed by atoms with Crippen molar-refractivity contribution in [3.63, 3.8) is 0 Å². The van der Waals surface area contributed by atoms with Crippen molar-refractivity contribution in [1.82, 2.24) is 0 Å². The Morgan fingerprint density at radius 3 is 1.89 bits per heavy atom. The zero-order valence-corrected chi connectivity index (χ0v) is 20.8. The molecule has 4 nitrogen and oxygen atoms in total. The second-order valence-corrected chi connectivity index (χ2v) is 9.95. The summed E-state index contributed by atoms with van der Waals surface area (Å²) in [5, 5.41) is 9.78. The molecule has 0 saturated heterocycles. The van der Waals surface area contributed by atoms with Gasteiger partial charge in [0.15, 0.2) is 0 Å². The van der Waals surface area contributed by atoms with Gasteiger partial charge in [0, 0.05) is 0 Å². The van der Waals surface area contributed by atoms with Gasteiger partial charge in [-0.15, -0.1) is 0 Å². The molecule has 2 atom stereocenters. The monoisotopic (exact) mass is 492 g/mol. The fourth-order valence-corrected chi connectivity index (χ4v) is 3.91. The zero-order chi connectivity index (χ0) is 26.2. The Kier molecular flexibility index (Phi) is 9.92. The molecule has 0 bridgehead atoms. The van der Waals surface area contributed by atoms with Gasteiger partial charge in [0.1, 0.15) is 5.60 Å². The number of halogens is 3. The van der Waals surface area contributed by atoms with E-state index in [4.69, 9.17) is 4.74 Å². The molecule has 35 heavy (non-hydrogen) atoms. The van der Waals surface area contributed by atoms with E-state index in [9.17, 15) is 27.9 Å². The Morgan fingerprint density at radius 1 is 0.886 bits per heavy atom. The van der Waals surface area contributed by atoms with Crippen molar-refractivity contribution < 1.29 is 32.6 Å². The Morgan fingerprint density at radius 2 is 1.43 bits per heavy atom. The summed E-state index contributed by atoms with van der Waals surface area (Å²) < 4.78 is 43.8. The zero-order valence-electron chi connectivity index (χ0n) is 20.8. The van der Waals surface area contributed by atoms with Crippen molar-refractivity contribution in [3.8, 4) is 11.1 Å². The van der Waals surface area contributed by atoms with Gasteiger partial charge in [0.05, 0.1) is 17.4 Å². The maximum Gasteiger partial charge on any atom is 0.416 e. The molecule has 2 aromatic carbocycles. The molecule has 1 N–H and O–H groups in total. The summed E-state index contributed by atoms with van der Waals surface area (Å²) in [5.41, 5.74) is 1.05. The molecule has 0 aliphatic carbocycles. The summed E-state index contributed by atoms with van der Waals surface area (Å²) in [5.74, 6) is -2.43. The molecule has 0 aromatic heterocycles. The van der Waals surface area contributed by atoms with E-state index in [1.54, 1.807) is 20.8 Å². The molecule has 2 aromatic rings. The van der Waals surface area contributed by atoms with Crippen LogP contribution in [0.3, 0.4) is 0 Å². The maximum atomic E-state index is 12.8. The van der Waals surface area contributed by atoms with Crippen molar-refractivity contribution in [3.05, 3.63) is 59.7 Å². The molecule has 0 fully saturated rings. The van der Waals surface area contributed by atoms with E-state index in [-0.39, 0.29) is 12.4 Å². The Balaban J connectivity index is 2.04. The average molecular weight is 493 g/mol. The molecule has 192 valence electrons. The number of ether oxygens (including phenoxy) is 1. The lowest BCUT2D eigenvalue weighted by Crippen LogP contribution is -2.31. The van der Waals surface area contributed by atoms with Gasteiger partial charge in [-0.2, -0.15) is 13.2 Å². The summed E-state index contributed by atoms with van der Waals surface area (Å²) in [6, 6.07) is 12.3. The van der Waals surface area contributed by atoms with Crippen molar-refractivity contribution >= 4 is 11.9 Å². The molecule has 0 heterocycles. The minimum Gasteiger partial charge on any atom is -0.481 e. The minimum absolute atomic E-state index is 0.230. The molecule has 2 rings (SSSR count). The van der Waals surface area contributed by atoms with Crippen LogP contribution in [0.4, 0.5) is 13.2 Å². The van der Waals surface area contributed by atoms with E-state index >= 15 is 0 Å². The normalized spacial score (nSPS) is 13.8. The number of rotatable bonds is 11. The number of hydrogen-bond acceptors (Lipinski definition) is 3. The van der Waals surface area contributed by atoms with Crippen molar-refractivity contribution in [2.24, 2.45) is 11.8 Å². The van der Waals surface area contributed by atoms with Gasteiger partial charge < -0.3 is 9.84 Å². The van der Waals surface area contributed by atoms with Gasteiger partial charge in [-0.1, -0.05) is 56.2 Å². The fourth-order valence-electron chi connectivity index (χ4n) is 3.91. The summed E-state index contributed by atoms with van der Waals surface area (Å²) >= 11 is 0. The smallest absolute Gasteiger partial charge is 0.416 e. The first-order valence-electron chi connectivity index (χ1n) is 12.0. The number of carboxylic acid groups (broad SMARTS) is 1. The van der Waals surface area contributed by atoms with Crippen molar-refractivity contribution in [2.75, 3.05) is 0 Å². The lowest BCUT2D eigenvalue weighted by Gasteiger charge is -2.25. The molecule has 0 saturated carbocycles. The molecule has 0 unspecified atom stereocenters. The first-order valence-corrected chi connectivity index (χ1v) is 12.0. The lowest BCUT2D eigenvalue weighted by atomic mass is 9.86. The van der Waals surface area contributed by atoms with Gasteiger partial charge in [0.25, 0.3) is 0 Å². The second-order valence-electron chi connectivity index (χ2n) is 9.95. The number of aliphatic carboxylic acids is 1. The molecule has 0 radical (unpaired) electrons. The number of esters is 1. The van der Waals surface area contributed by atoms with Crippen molar-refractivity contribution in [1.29, 1.82) is 0 Å². The van der Waals surface area contributed by atoms with Crippen LogP contribution in [0.5, 0.6) is 0 Å². The van der Waals surface area contributed by atoms with Crippen LogP contribution in [0.1, 0.15) is 70.9 Å². The third-order valence-corrected chi connectivity index (χ3v) is 5.85. The standard InChI is InChI=1S/C28H35F3O4/c1-5-6-7-23(26(34)35-27(2,3)4)18-22(25(32)33)13-10-19-8-11-20(12-9-19)21-14-16-24(17-15-21)28(29,30)31/h8-9,11-12,14-17,22-23H,5-7,10,13,18H2,1-4H3,(H,32,33)/t22-,23+/m1/s1. The highest BCUT2D eigenvalue weighted by molar-refractivity contribution is 5.75. The number of carboxylic acids is 1. The SMILES string of the molecule is CCCC[C@@H](C[C@@H](CCc1ccc(-c2ccc(C(F)(F)F)cc2)cc1)C(=O)O)C(=O)OC(C)(C)C. The summed E-state index contributed by atoms with van der Waals surface area (Å²) in [6.07, 6.45) is -0.934. The average Bonchev–Trinajstić information content (AvgIpc) is 2.77. The third kappa shape index (κ3) is 9.38. The van der Waals surface area contributed by atoms with Crippen LogP contribution in [0.25, 0.3) is 11.1 Å². The van der Waals surface area contributed by atoms with Crippen LogP contribution < -0.4 is 0 Å². The van der Waals surface area contributed by atoms with E-state index < -0.39 is 35.1 Å². The highest BCUT2D eigenvalue weighted by Crippen LogP contribution is 2.31. The van der Waals surface area contributed by atoms with Crippen LogP contribution in [-0.4, -0.2) is 22.6 Å². The van der Waals surface area contributed by atoms with Gasteiger partial charge >= 0.3 is 18.1 Å². The minimum atomic E-state index is -4.37. The Hall–Kier alpha value is -2.83. The lowest BCUT2D eigenvalue weighted by molar-refractivity contribution is -0.161. The molecular weight excluding hydrogens is 457 g/mol. The number of hydrogen-bond donors (Lipinski definition) is 1. The predicted molar refractivity (Wildman–Crippen MR) is 130 cm³/mol. The van der Waals surface area contributed by atoms with E-state index in [2.05, 4.69) is 0 Å². The van der Waals surface area contributed by atoms with Crippen LogP contribution >= 0.6 is 0 Å². The summed E-state index contributed by atoms with van der Waals surface area (Å²) in [4.78, 5) is 24.6. The number of benzene rings is 2. The topological polar surface area (TPSA) is 63.6 Å². The maximum absolute atomic E-state index is 12.8. The van der Waals surface area contributed by atoms with E-state index in [0.717, 1.165) is 36.1 Å². The number of carbonyl (C=O) groups is 2. The third-order valence-electron chi connectivity index (χ3n) is 5.85. The van der Waals surface area contributed by atoms with Crippen molar-refractivity contribution in [2.45, 2.75) is 78.0 Å². The molecule has 0 aliphatic heterocycles. The highest BCUT2D eigenvalue weighted by Gasteiger charge is 2.31. The molecule has 0 aliphatic rings. The molecule has 0 amide bonds. The first-order chi connectivity index (χ1) is 16.3. The number of unbranched alkanes of at least 4 members (excludes halogenated alkanes) is 1. The van der Waals surface area contributed by atoms with Gasteiger partial charge in [-0.25, -0.2) is 0 Å². The number of aryl methyl sites for hydroxylation is 1. The van der Waals surface area contributed by atoms with E-state index in [0.29, 0.717) is 24.8 Å². The van der Waals surface area contributed by atoms with Crippen LogP contribution in [0.2, 0.25) is 0 Å². The van der Waals surface area contributed by atoms with Crippen LogP contribution in [-0.2, 0) is 26.9 Å². The predicted octanol–water partition coefficient (Wildman–Crippen LogP) is 7.54. The Labute approximate surface area is 205 Å². The van der Waals surface area contributed by atoms with Gasteiger partial charge in [0.2, 0.25) is 0 Å².